The van der Waals surface area contributed by atoms with Crippen LogP contribution in [0.25, 0.3) is 0 Å². The Kier molecular flexibility index (Phi) is 9.43. The third-order valence-corrected chi connectivity index (χ3v) is 4.72. The molecule has 174 valence electrons. The Labute approximate surface area is 189 Å². The van der Waals surface area contributed by atoms with Crippen LogP contribution in [-0.2, 0) is 16.1 Å². The zero-order valence-corrected chi connectivity index (χ0v) is 18.9. The highest BCUT2D eigenvalue weighted by Gasteiger charge is 2.20. The van der Waals surface area contributed by atoms with Crippen LogP contribution in [0.1, 0.15) is 38.9 Å². The molecule has 1 aliphatic carbocycles. The Bertz CT molecular complexity index is 830. The highest BCUT2D eigenvalue weighted by atomic mass is 16.5. The summed E-state index contributed by atoms with van der Waals surface area (Å²) >= 11 is 0. The number of aliphatic imine (C=N–C) groups is 1. The number of amides is 1. The van der Waals surface area contributed by atoms with Crippen LogP contribution in [0.3, 0.4) is 0 Å². The second kappa shape index (κ2) is 12.8. The Hall–Kier alpha value is -3.00. The molecular weight excluding hydrogens is 408 g/mol. The standard InChI is InChI=1S/C24H34N4O4/c1-18(2)32-21-10-8-20(9-11-21)28-24(25-12-4-13-30-17-19-6-7-19)27-16-23(29)26-15-22-5-3-14-31-22/h3,5,8-11,14,18-19H,4,6-7,12-13,15-17H2,1-2H3,(H,26,29)(H2,25,27,28). The third kappa shape index (κ3) is 9.43. The molecule has 1 amide bonds. The van der Waals surface area contributed by atoms with Gasteiger partial charge in [-0.3, -0.25) is 4.79 Å². The van der Waals surface area contributed by atoms with E-state index in [9.17, 15) is 4.79 Å². The first-order valence-electron chi connectivity index (χ1n) is 11.3. The maximum atomic E-state index is 12.2. The number of hydrogen-bond donors (Lipinski definition) is 3. The fraction of sp³-hybridized carbons (Fsp3) is 0.500. The van der Waals surface area contributed by atoms with E-state index in [4.69, 9.17) is 13.9 Å². The van der Waals surface area contributed by atoms with Gasteiger partial charge in [0.25, 0.3) is 0 Å². The molecule has 0 saturated heterocycles. The van der Waals surface area contributed by atoms with Gasteiger partial charge in [0, 0.05) is 25.4 Å². The number of guanidine groups is 1. The van der Waals surface area contributed by atoms with Gasteiger partial charge in [-0.25, -0.2) is 4.99 Å². The molecule has 0 radical (unpaired) electrons. The van der Waals surface area contributed by atoms with E-state index in [0.717, 1.165) is 30.4 Å². The number of carbonyl (C=O) groups excluding carboxylic acids is 1. The van der Waals surface area contributed by atoms with Crippen molar-refractivity contribution in [1.29, 1.82) is 0 Å². The summed E-state index contributed by atoms with van der Waals surface area (Å²) < 4.78 is 16.6. The Morgan fingerprint density at radius 2 is 2.00 bits per heavy atom. The van der Waals surface area contributed by atoms with Crippen molar-refractivity contribution in [3.05, 3.63) is 48.4 Å². The molecule has 1 aliphatic rings. The molecule has 1 saturated carbocycles. The summed E-state index contributed by atoms with van der Waals surface area (Å²) in [4.78, 5) is 16.6. The molecule has 0 spiro atoms. The van der Waals surface area contributed by atoms with Gasteiger partial charge in [-0.1, -0.05) is 0 Å². The van der Waals surface area contributed by atoms with E-state index < -0.39 is 0 Å². The van der Waals surface area contributed by atoms with Crippen molar-refractivity contribution in [2.24, 2.45) is 10.9 Å². The van der Waals surface area contributed by atoms with E-state index in [1.165, 1.54) is 12.8 Å². The van der Waals surface area contributed by atoms with Crippen molar-refractivity contribution < 1.29 is 18.7 Å². The lowest BCUT2D eigenvalue weighted by atomic mass is 10.3. The number of benzene rings is 1. The minimum atomic E-state index is -0.184. The van der Waals surface area contributed by atoms with Gasteiger partial charge in [0.1, 0.15) is 18.1 Å². The fourth-order valence-electron chi connectivity index (χ4n) is 2.89. The van der Waals surface area contributed by atoms with Crippen molar-refractivity contribution in [3.63, 3.8) is 0 Å². The van der Waals surface area contributed by atoms with Gasteiger partial charge >= 0.3 is 0 Å². The summed E-state index contributed by atoms with van der Waals surface area (Å²) in [5.41, 5.74) is 0.855. The average molecular weight is 443 g/mol. The predicted octanol–water partition coefficient (Wildman–Crippen LogP) is 3.56. The molecule has 0 unspecified atom stereocenters. The van der Waals surface area contributed by atoms with Crippen LogP contribution in [0.2, 0.25) is 0 Å². The smallest absolute Gasteiger partial charge is 0.242 e. The van der Waals surface area contributed by atoms with Gasteiger partial charge in [-0.15, -0.1) is 0 Å². The van der Waals surface area contributed by atoms with Crippen LogP contribution in [0.4, 0.5) is 5.69 Å². The van der Waals surface area contributed by atoms with E-state index in [0.29, 0.717) is 31.4 Å². The number of furan rings is 1. The lowest BCUT2D eigenvalue weighted by molar-refractivity contribution is -0.119. The number of ether oxygens (including phenoxy) is 2. The fourth-order valence-corrected chi connectivity index (χ4v) is 2.89. The van der Waals surface area contributed by atoms with Crippen LogP contribution in [0.5, 0.6) is 5.75 Å². The zero-order valence-electron chi connectivity index (χ0n) is 18.9. The summed E-state index contributed by atoms with van der Waals surface area (Å²) in [5.74, 6) is 2.63. The average Bonchev–Trinajstić information content (AvgIpc) is 3.45. The minimum Gasteiger partial charge on any atom is -0.491 e. The number of carbonyl (C=O) groups is 1. The summed E-state index contributed by atoms with van der Waals surface area (Å²) in [5, 5.41) is 9.32. The highest BCUT2D eigenvalue weighted by Crippen LogP contribution is 2.28. The maximum Gasteiger partial charge on any atom is 0.242 e. The largest absolute Gasteiger partial charge is 0.491 e. The van der Waals surface area contributed by atoms with Crippen LogP contribution < -0.4 is 20.7 Å². The summed E-state index contributed by atoms with van der Waals surface area (Å²) in [6.45, 7) is 6.59. The van der Waals surface area contributed by atoms with Gasteiger partial charge < -0.3 is 29.8 Å². The lowest BCUT2D eigenvalue weighted by Gasteiger charge is -2.14. The van der Waals surface area contributed by atoms with Crippen molar-refractivity contribution in [1.82, 2.24) is 10.6 Å². The van der Waals surface area contributed by atoms with Crippen molar-refractivity contribution >= 4 is 17.6 Å². The number of hydrogen-bond acceptors (Lipinski definition) is 5. The molecule has 32 heavy (non-hydrogen) atoms. The van der Waals surface area contributed by atoms with Crippen molar-refractivity contribution in [2.45, 2.75) is 45.8 Å². The maximum absolute atomic E-state index is 12.2. The van der Waals surface area contributed by atoms with E-state index in [1.807, 2.05) is 44.2 Å². The molecule has 3 N–H and O–H groups in total. The van der Waals surface area contributed by atoms with Gasteiger partial charge in [-0.05, 0) is 75.4 Å². The molecule has 1 fully saturated rings. The molecular formula is C24H34N4O4. The molecule has 1 aromatic heterocycles. The van der Waals surface area contributed by atoms with Gasteiger partial charge in [0.05, 0.1) is 18.9 Å². The summed E-state index contributed by atoms with van der Waals surface area (Å²) in [6, 6.07) is 11.3. The first-order chi connectivity index (χ1) is 15.6. The second-order valence-electron chi connectivity index (χ2n) is 8.14. The van der Waals surface area contributed by atoms with Gasteiger partial charge in [-0.2, -0.15) is 0 Å². The van der Waals surface area contributed by atoms with Gasteiger partial charge in [0.15, 0.2) is 5.96 Å². The monoisotopic (exact) mass is 442 g/mol. The first-order valence-corrected chi connectivity index (χ1v) is 11.3. The first kappa shape index (κ1) is 23.7. The zero-order chi connectivity index (χ0) is 22.6. The molecule has 8 nitrogen and oxygen atoms in total. The van der Waals surface area contributed by atoms with Crippen molar-refractivity contribution in [3.8, 4) is 5.75 Å². The Morgan fingerprint density at radius 3 is 2.69 bits per heavy atom. The Morgan fingerprint density at radius 1 is 1.19 bits per heavy atom. The highest BCUT2D eigenvalue weighted by molar-refractivity contribution is 5.95. The number of anilines is 1. The molecule has 0 atom stereocenters. The molecule has 1 heterocycles. The van der Waals surface area contributed by atoms with Crippen molar-refractivity contribution in [2.75, 3.05) is 31.6 Å². The molecule has 8 heteroatoms. The van der Waals surface area contributed by atoms with E-state index in [1.54, 1.807) is 12.3 Å². The lowest BCUT2D eigenvalue weighted by Crippen LogP contribution is -2.34. The predicted molar refractivity (Wildman–Crippen MR) is 125 cm³/mol. The molecule has 3 rings (SSSR count). The SMILES string of the molecule is CC(C)Oc1ccc(NC(=NCC(=O)NCc2ccco2)NCCCOCC2CC2)cc1. The van der Waals surface area contributed by atoms with Crippen LogP contribution in [0, 0.1) is 5.92 Å². The molecule has 1 aromatic carbocycles. The molecule has 0 aliphatic heterocycles. The topological polar surface area (TPSA) is 97.1 Å². The van der Waals surface area contributed by atoms with E-state index in [-0.39, 0.29) is 18.6 Å². The van der Waals surface area contributed by atoms with E-state index >= 15 is 0 Å². The quantitative estimate of drug-likeness (QED) is 0.249. The third-order valence-electron chi connectivity index (χ3n) is 4.72. The summed E-state index contributed by atoms with van der Waals surface area (Å²) in [6.07, 6.45) is 5.15. The number of rotatable bonds is 13. The molecule has 2 aromatic rings. The molecule has 0 bridgehead atoms. The number of nitrogens with one attached hydrogen (secondary N) is 3. The minimum absolute atomic E-state index is 0.00274. The Balaban J connectivity index is 1.48. The van der Waals surface area contributed by atoms with Crippen LogP contribution in [0.15, 0.2) is 52.1 Å². The van der Waals surface area contributed by atoms with Gasteiger partial charge in [0.2, 0.25) is 5.91 Å². The summed E-state index contributed by atoms with van der Waals surface area (Å²) in [7, 11) is 0. The normalized spacial score (nSPS) is 13.8. The van der Waals surface area contributed by atoms with E-state index in [2.05, 4.69) is 20.9 Å². The second-order valence-corrected chi connectivity index (χ2v) is 8.14. The van der Waals surface area contributed by atoms with Crippen LogP contribution in [-0.4, -0.2) is 44.3 Å². The van der Waals surface area contributed by atoms with Crippen LogP contribution >= 0.6 is 0 Å². The number of nitrogens with zero attached hydrogens (tertiary/aromatic N) is 1.